The van der Waals surface area contributed by atoms with Crippen LogP contribution in [-0.2, 0) is 11.3 Å². The predicted octanol–water partition coefficient (Wildman–Crippen LogP) is 1.88. The van der Waals surface area contributed by atoms with Crippen molar-refractivity contribution in [2.75, 3.05) is 36.4 Å². The molecule has 29 heavy (non-hydrogen) atoms. The number of aromatic nitrogens is 3. The molecule has 0 saturated carbocycles. The smallest absolute Gasteiger partial charge is 0.258 e. The molecule has 0 unspecified atom stereocenters. The molecular formula is C21H22N6O2. The lowest BCUT2D eigenvalue weighted by molar-refractivity contribution is -0.132. The SMILES string of the molecule is O=C(Nc1ncn(CC(=O)N2CCN(c3ccccc3)CC2)n1)c1ccccc1. The van der Waals surface area contributed by atoms with Gasteiger partial charge in [0.25, 0.3) is 5.91 Å². The highest BCUT2D eigenvalue weighted by Crippen LogP contribution is 2.15. The summed E-state index contributed by atoms with van der Waals surface area (Å²) >= 11 is 0. The Morgan fingerprint density at radius 3 is 2.24 bits per heavy atom. The molecule has 8 nitrogen and oxygen atoms in total. The third-order valence-corrected chi connectivity index (χ3v) is 4.85. The number of hydrogen-bond acceptors (Lipinski definition) is 5. The molecule has 2 amide bonds. The summed E-state index contributed by atoms with van der Waals surface area (Å²) in [5.41, 5.74) is 1.70. The molecule has 1 aromatic heterocycles. The summed E-state index contributed by atoms with van der Waals surface area (Å²) in [5, 5.41) is 6.83. The number of rotatable bonds is 5. The highest BCUT2D eigenvalue weighted by molar-refractivity contribution is 6.03. The molecule has 1 N–H and O–H groups in total. The topological polar surface area (TPSA) is 83.4 Å². The number of anilines is 2. The van der Waals surface area contributed by atoms with Gasteiger partial charge in [0, 0.05) is 37.4 Å². The summed E-state index contributed by atoms with van der Waals surface area (Å²) < 4.78 is 1.45. The van der Waals surface area contributed by atoms with Crippen molar-refractivity contribution >= 4 is 23.5 Å². The fourth-order valence-corrected chi connectivity index (χ4v) is 3.28. The predicted molar refractivity (Wildman–Crippen MR) is 110 cm³/mol. The van der Waals surface area contributed by atoms with Gasteiger partial charge >= 0.3 is 0 Å². The lowest BCUT2D eigenvalue weighted by atomic mass is 10.2. The van der Waals surface area contributed by atoms with Gasteiger partial charge in [0.15, 0.2) is 0 Å². The third kappa shape index (κ3) is 4.60. The van der Waals surface area contributed by atoms with Crippen LogP contribution in [-0.4, -0.2) is 57.7 Å². The van der Waals surface area contributed by atoms with E-state index in [0.29, 0.717) is 18.7 Å². The van der Waals surface area contributed by atoms with Crippen LogP contribution in [0.5, 0.6) is 0 Å². The number of para-hydroxylation sites is 1. The van der Waals surface area contributed by atoms with E-state index in [1.54, 1.807) is 24.3 Å². The van der Waals surface area contributed by atoms with Crippen molar-refractivity contribution in [3.05, 3.63) is 72.6 Å². The summed E-state index contributed by atoms with van der Waals surface area (Å²) in [6.45, 7) is 3.02. The summed E-state index contributed by atoms with van der Waals surface area (Å²) in [4.78, 5) is 32.9. The van der Waals surface area contributed by atoms with Crippen molar-refractivity contribution in [3.8, 4) is 0 Å². The van der Waals surface area contributed by atoms with Gasteiger partial charge in [-0.25, -0.2) is 9.67 Å². The van der Waals surface area contributed by atoms with E-state index in [1.807, 2.05) is 29.2 Å². The molecule has 0 atom stereocenters. The van der Waals surface area contributed by atoms with E-state index in [0.717, 1.165) is 13.1 Å². The molecule has 0 radical (unpaired) electrons. The van der Waals surface area contributed by atoms with E-state index in [9.17, 15) is 9.59 Å². The number of amides is 2. The second kappa shape index (κ2) is 8.55. The van der Waals surface area contributed by atoms with Gasteiger partial charge in [-0.15, -0.1) is 5.10 Å². The van der Waals surface area contributed by atoms with Crippen LogP contribution in [0.2, 0.25) is 0 Å². The Labute approximate surface area is 168 Å². The maximum Gasteiger partial charge on any atom is 0.258 e. The summed E-state index contributed by atoms with van der Waals surface area (Å²) in [6.07, 6.45) is 1.46. The number of piperazine rings is 1. The molecule has 148 valence electrons. The van der Waals surface area contributed by atoms with E-state index < -0.39 is 0 Å². The van der Waals surface area contributed by atoms with E-state index in [2.05, 4.69) is 32.4 Å². The van der Waals surface area contributed by atoms with Crippen LogP contribution in [0.1, 0.15) is 10.4 Å². The molecule has 1 fully saturated rings. The van der Waals surface area contributed by atoms with Gasteiger partial charge in [-0.2, -0.15) is 0 Å². The van der Waals surface area contributed by atoms with E-state index in [-0.39, 0.29) is 24.3 Å². The van der Waals surface area contributed by atoms with Crippen LogP contribution in [0.4, 0.5) is 11.6 Å². The molecule has 1 aliphatic heterocycles. The Bertz CT molecular complexity index is 965. The minimum Gasteiger partial charge on any atom is -0.368 e. The number of benzene rings is 2. The Hall–Kier alpha value is -3.68. The summed E-state index contributed by atoms with van der Waals surface area (Å²) in [6, 6.07) is 19.0. The van der Waals surface area contributed by atoms with Gasteiger partial charge in [-0.1, -0.05) is 36.4 Å². The Morgan fingerprint density at radius 2 is 1.55 bits per heavy atom. The van der Waals surface area contributed by atoms with E-state index in [4.69, 9.17) is 0 Å². The Morgan fingerprint density at radius 1 is 0.897 bits per heavy atom. The fourth-order valence-electron chi connectivity index (χ4n) is 3.28. The zero-order valence-electron chi connectivity index (χ0n) is 15.9. The van der Waals surface area contributed by atoms with Crippen molar-refractivity contribution < 1.29 is 9.59 Å². The first-order valence-electron chi connectivity index (χ1n) is 9.53. The van der Waals surface area contributed by atoms with Gasteiger partial charge < -0.3 is 9.80 Å². The molecule has 8 heteroatoms. The average Bonchev–Trinajstić information content (AvgIpc) is 3.21. The number of nitrogens with zero attached hydrogens (tertiary/aromatic N) is 5. The second-order valence-corrected chi connectivity index (χ2v) is 6.79. The van der Waals surface area contributed by atoms with Gasteiger partial charge in [0.05, 0.1) is 0 Å². The Balaban J connectivity index is 1.29. The standard InChI is InChI=1S/C21H22N6O2/c28-19(26-13-11-25(12-14-26)18-9-5-2-6-10-18)15-27-16-22-21(24-27)23-20(29)17-7-3-1-4-8-17/h1-10,16H,11-15H2,(H,23,24,29). The molecule has 4 rings (SSSR count). The first-order valence-corrected chi connectivity index (χ1v) is 9.53. The van der Waals surface area contributed by atoms with Gasteiger partial charge in [0.1, 0.15) is 12.9 Å². The van der Waals surface area contributed by atoms with Crippen molar-refractivity contribution in [1.82, 2.24) is 19.7 Å². The van der Waals surface area contributed by atoms with Gasteiger partial charge in [-0.3, -0.25) is 14.9 Å². The lowest BCUT2D eigenvalue weighted by Crippen LogP contribution is -2.49. The number of carbonyl (C=O) groups is 2. The van der Waals surface area contributed by atoms with Gasteiger partial charge in [-0.05, 0) is 24.3 Å². The van der Waals surface area contributed by atoms with Crippen molar-refractivity contribution in [2.24, 2.45) is 0 Å². The van der Waals surface area contributed by atoms with Gasteiger partial charge in [0.2, 0.25) is 11.9 Å². The van der Waals surface area contributed by atoms with Crippen LogP contribution in [0, 0.1) is 0 Å². The maximum absolute atomic E-state index is 12.6. The van der Waals surface area contributed by atoms with Crippen molar-refractivity contribution in [3.63, 3.8) is 0 Å². The highest BCUT2D eigenvalue weighted by atomic mass is 16.2. The summed E-state index contributed by atoms with van der Waals surface area (Å²) in [7, 11) is 0. The van der Waals surface area contributed by atoms with Crippen molar-refractivity contribution in [2.45, 2.75) is 6.54 Å². The van der Waals surface area contributed by atoms with E-state index in [1.165, 1.54) is 16.7 Å². The fraction of sp³-hybridized carbons (Fsp3) is 0.238. The zero-order chi connectivity index (χ0) is 20.1. The molecule has 0 spiro atoms. The van der Waals surface area contributed by atoms with Crippen molar-refractivity contribution in [1.29, 1.82) is 0 Å². The van der Waals surface area contributed by atoms with E-state index >= 15 is 0 Å². The maximum atomic E-state index is 12.6. The molecule has 2 heterocycles. The van der Waals surface area contributed by atoms with Crippen LogP contribution < -0.4 is 10.2 Å². The third-order valence-electron chi connectivity index (χ3n) is 4.85. The normalized spacial score (nSPS) is 13.9. The van der Waals surface area contributed by atoms with Crippen LogP contribution >= 0.6 is 0 Å². The first kappa shape index (κ1) is 18.7. The molecule has 0 aliphatic carbocycles. The summed E-state index contributed by atoms with van der Waals surface area (Å²) in [5.74, 6) is -0.115. The second-order valence-electron chi connectivity index (χ2n) is 6.79. The quantitative estimate of drug-likeness (QED) is 0.719. The van der Waals surface area contributed by atoms with Crippen LogP contribution in [0.3, 0.4) is 0 Å². The monoisotopic (exact) mass is 390 g/mol. The molecular weight excluding hydrogens is 368 g/mol. The Kier molecular flexibility index (Phi) is 5.51. The molecule has 1 saturated heterocycles. The lowest BCUT2D eigenvalue weighted by Gasteiger charge is -2.36. The minimum absolute atomic E-state index is 0.0106. The van der Waals surface area contributed by atoms with Crippen LogP contribution in [0.25, 0.3) is 0 Å². The molecule has 0 bridgehead atoms. The highest BCUT2D eigenvalue weighted by Gasteiger charge is 2.22. The molecule has 3 aromatic rings. The van der Waals surface area contributed by atoms with Crippen LogP contribution in [0.15, 0.2) is 67.0 Å². The minimum atomic E-state index is -0.285. The molecule has 1 aliphatic rings. The average molecular weight is 390 g/mol. The number of hydrogen-bond donors (Lipinski definition) is 1. The largest absolute Gasteiger partial charge is 0.368 e. The zero-order valence-corrected chi connectivity index (χ0v) is 15.9. The number of nitrogens with one attached hydrogen (secondary N) is 1. The molecule has 2 aromatic carbocycles. The number of carbonyl (C=O) groups excluding carboxylic acids is 2. The first-order chi connectivity index (χ1) is 14.2.